The standard InChI is InChI=1S/C13H18N2O4S/c1-13(19-3,10-18-2)9-15-20(16,17)12-6-4-11(8-14)5-7-12/h4-7,15H,9-10H2,1-3H3. The third kappa shape index (κ3) is 4.28. The van der Waals surface area contributed by atoms with E-state index in [2.05, 4.69) is 4.72 Å². The minimum Gasteiger partial charge on any atom is -0.382 e. The SMILES string of the molecule is COCC(C)(CNS(=O)(=O)c1ccc(C#N)cc1)OC. The first-order valence-electron chi connectivity index (χ1n) is 5.91. The fraction of sp³-hybridized carbons (Fsp3) is 0.462. The van der Waals surface area contributed by atoms with Crippen molar-refractivity contribution in [1.82, 2.24) is 4.72 Å². The maximum Gasteiger partial charge on any atom is 0.240 e. The molecule has 0 amide bonds. The van der Waals surface area contributed by atoms with E-state index >= 15 is 0 Å². The molecule has 110 valence electrons. The first kappa shape index (κ1) is 16.6. The summed E-state index contributed by atoms with van der Waals surface area (Å²) in [6.07, 6.45) is 0. The molecule has 0 heterocycles. The summed E-state index contributed by atoms with van der Waals surface area (Å²) in [6, 6.07) is 7.63. The monoisotopic (exact) mass is 298 g/mol. The molecule has 0 radical (unpaired) electrons. The Hall–Kier alpha value is -1.46. The van der Waals surface area contributed by atoms with E-state index in [0.29, 0.717) is 5.56 Å². The van der Waals surface area contributed by atoms with Crippen molar-refractivity contribution in [2.75, 3.05) is 27.4 Å². The predicted molar refractivity (Wildman–Crippen MR) is 73.6 cm³/mol. The molecule has 0 spiro atoms. The molecule has 20 heavy (non-hydrogen) atoms. The van der Waals surface area contributed by atoms with Crippen LogP contribution in [0.2, 0.25) is 0 Å². The van der Waals surface area contributed by atoms with Crippen LogP contribution in [0.25, 0.3) is 0 Å². The predicted octanol–water partition coefficient (Wildman–Crippen LogP) is 0.888. The Labute approximate surface area is 119 Å². The molecule has 0 saturated carbocycles. The fourth-order valence-corrected chi connectivity index (χ4v) is 2.68. The third-order valence-electron chi connectivity index (χ3n) is 2.87. The summed E-state index contributed by atoms with van der Waals surface area (Å²) in [5, 5.41) is 8.69. The number of nitrogens with one attached hydrogen (secondary N) is 1. The molecule has 0 aliphatic rings. The molecule has 0 aliphatic carbocycles. The van der Waals surface area contributed by atoms with Gasteiger partial charge in [-0.2, -0.15) is 5.26 Å². The minimum absolute atomic E-state index is 0.0830. The average molecular weight is 298 g/mol. The Kier molecular flexibility index (Phi) is 5.65. The molecule has 0 bridgehead atoms. The van der Waals surface area contributed by atoms with Crippen molar-refractivity contribution in [2.24, 2.45) is 0 Å². The summed E-state index contributed by atoms with van der Waals surface area (Å²) >= 11 is 0. The Morgan fingerprint density at radius 1 is 1.30 bits per heavy atom. The highest BCUT2D eigenvalue weighted by molar-refractivity contribution is 7.89. The highest BCUT2D eigenvalue weighted by atomic mass is 32.2. The molecule has 1 aromatic rings. The van der Waals surface area contributed by atoms with Crippen molar-refractivity contribution in [3.8, 4) is 6.07 Å². The zero-order chi connectivity index (χ0) is 15.2. The second-order valence-electron chi connectivity index (χ2n) is 4.55. The van der Waals surface area contributed by atoms with Crippen LogP contribution in [-0.4, -0.2) is 41.4 Å². The van der Waals surface area contributed by atoms with Crippen LogP contribution in [0.5, 0.6) is 0 Å². The largest absolute Gasteiger partial charge is 0.382 e. The number of nitrogens with zero attached hydrogens (tertiary/aromatic N) is 1. The molecular weight excluding hydrogens is 280 g/mol. The second-order valence-corrected chi connectivity index (χ2v) is 6.31. The van der Waals surface area contributed by atoms with E-state index in [1.807, 2.05) is 6.07 Å². The quantitative estimate of drug-likeness (QED) is 0.807. The Balaban J connectivity index is 2.82. The van der Waals surface area contributed by atoms with Gasteiger partial charge in [0, 0.05) is 20.8 Å². The number of hydrogen-bond donors (Lipinski definition) is 1. The highest BCUT2D eigenvalue weighted by Crippen LogP contribution is 2.13. The fourth-order valence-electron chi connectivity index (χ4n) is 1.53. The van der Waals surface area contributed by atoms with E-state index in [0.717, 1.165) is 0 Å². The van der Waals surface area contributed by atoms with Crippen molar-refractivity contribution in [1.29, 1.82) is 5.26 Å². The van der Waals surface area contributed by atoms with Gasteiger partial charge in [-0.05, 0) is 31.2 Å². The molecule has 1 N–H and O–H groups in total. The Morgan fingerprint density at radius 2 is 1.90 bits per heavy atom. The molecule has 7 heteroatoms. The average Bonchev–Trinajstić information content (AvgIpc) is 2.46. The molecule has 0 fully saturated rings. The topological polar surface area (TPSA) is 88.4 Å². The summed E-state index contributed by atoms with van der Waals surface area (Å²) in [7, 11) is -0.627. The maximum absolute atomic E-state index is 12.1. The van der Waals surface area contributed by atoms with E-state index in [1.165, 1.54) is 38.5 Å². The van der Waals surface area contributed by atoms with Gasteiger partial charge in [0.2, 0.25) is 10.0 Å². The van der Waals surface area contributed by atoms with Gasteiger partial charge in [-0.1, -0.05) is 0 Å². The smallest absolute Gasteiger partial charge is 0.240 e. The van der Waals surface area contributed by atoms with Crippen molar-refractivity contribution >= 4 is 10.0 Å². The molecule has 1 atom stereocenters. The van der Waals surface area contributed by atoms with Gasteiger partial charge in [0.05, 0.1) is 23.1 Å². The zero-order valence-corrected chi connectivity index (χ0v) is 12.5. The molecule has 6 nitrogen and oxygen atoms in total. The van der Waals surface area contributed by atoms with Crippen LogP contribution < -0.4 is 4.72 Å². The van der Waals surface area contributed by atoms with E-state index < -0.39 is 15.6 Å². The van der Waals surface area contributed by atoms with Crippen molar-refractivity contribution in [3.63, 3.8) is 0 Å². The van der Waals surface area contributed by atoms with Crippen molar-refractivity contribution < 1.29 is 17.9 Å². The van der Waals surface area contributed by atoms with Gasteiger partial charge < -0.3 is 9.47 Å². The lowest BCUT2D eigenvalue weighted by Gasteiger charge is -2.27. The summed E-state index contributed by atoms with van der Waals surface area (Å²) < 4.78 is 36.9. The summed E-state index contributed by atoms with van der Waals surface area (Å²) in [4.78, 5) is 0.104. The van der Waals surface area contributed by atoms with Gasteiger partial charge in [0.1, 0.15) is 5.60 Å². The molecule has 0 aliphatic heterocycles. The number of rotatable bonds is 7. The van der Waals surface area contributed by atoms with E-state index in [-0.39, 0.29) is 18.0 Å². The van der Waals surface area contributed by atoms with Gasteiger partial charge >= 0.3 is 0 Å². The number of nitriles is 1. The first-order valence-corrected chi connectivity index (χ1v) is 7.39. The van der Waals surface area contributed by atoms with Crippen LogP contribution in [0.4, 0.5) is 0 Å². The second kappa shape index (κ2) is 6.81. The lowest BCUT2D eigenvalue weighted by molar-refractivity contribution is -0.0460. The van der Waals surface area contributed by atoms with E-state index in [1.54, 1.807) is 6.92 Å². The van der Waals surface area contributed by atoms with Crippen molar-refractivity contribution in [3.05, 3.63) is 29.8 Å². The van der Waals surface area contributed by atoms with Crippen LogP contribution >= 0.6 is 0 Å². The number of sulfonamides is 1. The number of hydrogen-bond acceptors (Lipinski definition) is 5. The number of benzene rings is 1. The zero-order valence-electron chi connectivity index (χ0n) is 11.7. The molecule has 0 saturated heterocycles. The molecule has 1 rings (SSSR count). The molecular formula is C13H18N2O4S. The van der Waals surface area contributed by atoms with Gasteiger partial charge in [0.25, 0.3) is 0 Å². The van der Waals surface area contributed by atoms with Crippen LogP contribution in [-0.2, 0) is 19.5 Å². The normalized spacial score (nSPS) is 14.5. The van der Waals surface area contributed by atoms with Crippen LogP contribution in [0, 0.1) is 11.3 Å². The molecule has 1 aromatic carbocycles. The lowest BCUT2D eigenvalue weighted by Crippen LogP contribution is -2.45. The molecule has 1 unspecified atom stereocenters. The third-order valence-corrected chi connectivity index (χ3v) is 4.29. The molecule has 0 aromatic heterocycles. The summed E-state index contributed by atoms with van der Waals surface area (Å²) in [5.74, 6) is 0. The summed E-state index contributed by atoms with van der Waals surface area (Å²) in [6.45, 7) is 2.09. The van der Waals surface area contributed by atoms with E-state index in [9.17, 15) is 8.42 Å². The van der Waals surface area contributed by atoms with Gasteiger partial charge in [-0.15, -0.1) is 0 Å². The van der Waals surface area contributed by atoms with Gasteiger partial charge in [0.15, 0.2) is 0 Å². The van der Waals surface area contributed by atoms with Crippen LogP contribution in [0.15, 0.2) is 29.2 Å². The van der Waals surface area contributed by atoms with Crippen molar-refractivity contribution in [2.45, 2.75) is 17.4 Å². The Morgan fingerprint density at radius 3 is 2.35 bits per heavy atom. The lowest BCUT2D eigenvalue weighted by atomic mass is 10.1. The van der Waals surface area contributed by atoms with Crippen LogP contribution in [0.1, 0.15) is 12.5 Å². The number of ether oxygens (including phenoxy) is 2. The Bertz CT molecular complexity index is 577. The van der Waals surface area contributed by atoms with Gasteiger partial charge in [-0.3, -0.25) is 0 Å². The van der Waals surface area contributed by atoms with E-state index in [4.69, 9.17) is 14.7 Å². The maximum atomic E-state index is 12.1. The first-order chi connectivity index (χ1) is 9.37. The summed E-state index contributed by atoms with van der Waals surface area (Å²) in [5.41, 5.74) is -0.334. The number of methoxy groups -OCH3 is 2. The highest BCUT2D eigenvalue weighted by Gasteiger charge is 2.26. The van der Waals surface area contributed by atoms with Gasteiger partial charge in [-0.25, -0.2) is 13.1 Å². The minimum atomic E-state index is -3.64. The van der Waals surface area contributed by atoms with Crippen LogP contribution in [0.3, 0.4) is 0 Å².